The molecule has 11 heteroatoms. The summed E-state index contributed by atoms with van der Waals surface area (Å²) in [5.74, 6) is 0. The van der Waals surface area contributed by atoms with E-state index >= 15 is 0 Å². The zero-order valence-electron chi connectivity index (χ0n) is 24.0. The minimum absolute atomic E-state index is 0.504. The Morgan fingerprint density at radius 1 is 0.375 bits per heavy atom. The topological polar surface area (TPSA) is 102 Å². The van der Waals surface area contributed by atoms with Crippen molar-refractivity contribution in [2.24, 2.45) is 0 Å². The Bertz CT molecular complexity index is 621. The number of rotatable bonds is 33. The van der Waals surface area contributed by atoms with Gasteiger partial charge in [0.05, 0.1) is 138 Å². The molecule has 0 saturated carbocycles. The molecular weight excluding hydrogens is 524 g/mol. The minimum atomic E-state index is 0.504. The third-order valence-corrected chi connectivity index (χ3v) is 4.92. The molecule has 11 nitrogen and oxygen atoms in total. The largest absolute Gasteiger partial charge is 0.499 e. The predicted molar refractivity (Wildman–Crippen MR) is 150 cm³/mol. The second kappa shape index (κ2) is 31.9. The minimum Gasteiger partial charge on any atom is -0.499 e. The molecule has 0 spiro atoms. The van der Waals surface area contributed by atoms with Gasteiger partial charge in [-0.2, -0.15) is 0 Å². The molecule has 40 heavy (non-hydrogen) atoms. The fourth-order valence-electron chi connectivity index (χ4n) is 2.93. The van der Waals surface area contributed by atoms with Crippen LogP contribution in [-0.4, -0.2) is 132 Å². The Kier molecular flexibility index (Phi) is 29.0. The molecule has 0 heterocycles. The smallest absolute Gasteiger partial charge is 0.111 e. The summed E-state index contributed by atoms with van der Waals surface area (Å²) in [7, 11) is 0. The highest BCUT2D eigenvalue weighted by Crippen LogP contribution is 2.00. The van der Waals surface area contributed by atoms with Crippen molar-refractivity contribution in [2.75, 3.05) is 132 Å². The molecule has 1 rings (SSSR count). The number of ether oxygens (including phenoxy) is 11. The Hall–Kier alpha value is -1.64. The quantitative estimate of drug-likeness (QED) is 0.0914. The summed E-state index contributed by atoms with van der Waals surface area (Å²) < 4.78 is 59.5. The van der Waals surface area contributed by atoms with Crippen LogP contribution < -0.4 is 0 Å². The van der Waals surface area contributed by atoms with Gasteiger partial charge in [0.25, 0.3) is 0 Å². The fraction of sp³-hybridized carbons (Fsp3) is 0.724. The Morgan fingerprint density at radius 3 is 0.950 bits per heavy atom. The molecule has 0 amide bonds. The second-order valence-corrected chi connectivity index (χ2v) is 8.09. The molecule has 0 fully saturated rings. The summed E-state index contributed by atoms with van der Waals surface area (Å²) in [4.78, 5) is 0. The SMILES string of the molecule is C=COCCOCCOCCOCCOCCOCCOCCOCCOCCOCCOCc1ccccc1. The molecule has 0 N–H and O–H groups in total. The molecule has 0 saturated heterocycles. The fourth-order valence-corrected chi connectivity index (χ4v) is 2.93. The van der Waals surface area contributed by atoms with Crippen molar-refractivity contribution in [1.29, 1.82) is 0 Å². The summed E-state index contributed by atoms with van der Waals surface area (Å²) >= 11 is 0. The van der Waals surface area contributed by atoms with E-state index in [1.165, 1.54) is 6.26 Å². The van der Waals surface area contributed by atoms with Gasteiger partial charge in [-0.05, 0) is 5.56 Å². The third kappa shape index (κ3) is 27.9. The molecule has 0 radical (unpaired) electrons. The van der Waals surface area contributed by atoms with Crippen LogP contribution in [0, 0.1) is 0 Å². The first-order chi connectivity index (χ1) is 19.9. The molecular formula is C29H50O11. The lowest BCUT2D eigenvalue weighted by Gasteiger charge is -2.09. The van der Waals surface area contributed by atoms with Gasteiger partial charge in [-0.1, -0.05) is 36.9 Å². The average Bonchev–Trinajstić information content (AvgIpc) is 2.98. The molecule has 1 aromatic carbocycles. The maximum Gasteiger partial charge on any atom is 0.111 e. The zero-order chi connectivity index (χ0) is 28.4. The van der Waals surface area contributed by atoms with Crippen molar-refractivity contribution in [3.05, 3.63) is 48.7 Å². The van der Waals surface area contributed by atoms with Crippen molar-refractivity contribution in [3.63, 3.8) is 0 Å². The van der Waals surface area contributed by atoms with Crippen LogP contribution >= 0.6 is 0 Å². The lowest BCUT2D eigenvalue weighted by Crippen LogP contribution is -2.15. The Balaban J connectivity index is 1.62. The van der Waals surface area contributed by atoms with E-state index in [-0.39, 0.29) is 0 Å². The van der Waals surface area contributed by atoms with Gasteiger partial charge in [0.1, 0.15) is 6.61 Å². The van der Waals surface area contributed by atoms with E-state index in [2.05, 4.69) is 6.58 Å². The van der Waals surface area contributed by atoms with Gasteiger partial charge >= 0.3 is 0 Å². The molecule has 0 aromatic heterocycles. The van der Waals surface area contributed by atoms with Crippen LogP contribution in [0.15, 0.2) is 43.2 Å². The van der Waals surface area contributed by atoms with Crippen molar-refractivity contribution in [2.45, 2.75) is 6.61 Å². The molecule has 0 atom stereocenters. The summed E-state index contributed by atoms with van der Waals surface area (Å²) in [6.07, 6.45) is 1.40. The van der Waals surface area contributed by atoms with Crippen LogP contribution in [0.4, 0.5) is 0 Å². The van der Waals surface area contributed by atoms with Gasteiger partial charge < -0.3 is 52.1 Å². The Morgan fingerprint density at radius 2 is 0.650 bits per heavy atom. The number of hydrogen-bond acceptors (Lipinski definition) is 11. The van der Waals surface area contributed by atoms with Crippen molar-refractivity contribution in [1.82, 2.24) is 0 Å². The highest BCUT2D eigenvalue weighted by Gasteiger charge is 1.96. The van der Waals surface area contributed by atoms with E-state index in [0.717, 1.165) is 5.56 Å². The maximum absolute atomic E-state index is 5.56. The molecule has 232 valence electrons. The van der Waals surface area contributed by atoms with Crippen LogP contribution in [0.1, 0.15) is 5.56 Å². The van der Waals surface area contributed by atoms with Gasteiger partial charge in [0.15, 0.2) is 0 Å². The highest BCUT2D eigenvalue weighted by atomic mass is 16.6. The van der Waals surface area contributed by atoms with E-state index in [9.17, 15) is 0 Å². The van der Waals surface area contributed by atoms with Crippen LogP contribution in [0.5, 0.6) is 0 Å². The monoisotopic (exact) mass is 574 g/mol. The van der Waals surface area contributed by atoms with E-state index in [4.69, 9.17) is 52.1 Å². The van der Waals surface area contributed by atoms with E-state index < -0.39 is 0 Å². The molecule has 0 aliphatic carbocycles. The number of hydrogen-bond donors (Lipinski definition) is 0. The van der Waals surface area contributed by atoms with Crippen LogP contribution in [0.2, 0.25) is 0 Å². The zero-order valence-corrected chi connectivity index (χ0v) is 24.0. The third-order valence-electron chi connectivity index (χ3n) is 4.92. The maximum atomic E-state index is 5.56. The van der Waals surface area contributed by atoms with E-state index in [0.29, 0.717) is 139 Å². The van der Waals surface area contributed by atoms with Gasteiger partial charge in [0.2, 0.25) is 0 Å². The first-order valence-electron chi connectivity index (χ1n) is 14.0. The second-order valence-electron chi connectivity index (χ2n) is 8.09. The van der Waals surface area contributed by atoms with Gasteiger partial charge in [-0.3, -0.25) is 0 Å². The lowest BCUT2D eigenvalue weighted by molar-refractivity contribution is -0.0271. The molecule has 0 aliphatic rings. The summed E-state index contributed by atoms with van der Waals surface area (Å²) in [5.41, 5.74) is 1.16. The van der Waals surface area contributed by atoms with E-state index in [1.807, 2.05) is 30.3 Å². The first-order valence-corrected chi connectivity index (χ1v) is 14.0. The standard InChI is InChI=1S/C29H50O11/c1-2-30-8-9-31-10-11-32-12-13-33-14-15-34-16-17-35-18-19-36-20-21-37-22-23-38-24-25-39-26-27-40-28-29-6-4-3-5-7-29/h2-7H,1,8-28H2. The molecule has 0 bridgehead atoms. The van der Waals surface area contributed by atoms with Crippen molar-refractivity contribution >= 4 is 0 Å². The van der Waals surface area contributed by atoms with E-state index in [1.54, 1.807) is 0 Å². The summed E-state index contributed by atoms with van der Waals surface area (Å²) in [6, 6.07) is 10.1. The van der Waals surface area contributed by atoms with Gasteiger partial charge in [-0.25, -0.2) is 0 Å². The van der Waals surface area contributed by atoms with Gasteiger partial charge in [-0.15, -0.1) is 0 Å². The summed E-state index contributed by atoms with van der Waals surface area (Å²) in [6.45, 7) is 14.6. The van der Waals surface area contributed by atoms with Crippen LogP contribution in [0.3, 0.4) is 0 Å². The van der Waals surface area contributed by atoms with Crippen molar-refractivity contribution < 1.29 is 52.1 Å². The normalized spacial score (nSPS) is 11.2. The Labute approximate surface area is 239 Å². The molecule has 0 aliphatic heterocycles. The van der Waals surface area contributed by atoms with Crippen LogP contribution in [-0.2, 0) is 58.7 Å². The average molecular weight is 575 g/mol. The van der Waals surface area contributed by atoms with Crippen molar-refractivity contribution in [3.8, 4) is 0 Å². The molecule has 0 unspecified atom stereocenters. The van der Waals surface area contributed by atoms with Crippen LogP contribution in [0.25, 0.3) is 0 Å². The number of benzene rings is 1. The highest BCUT2D eigenvalue weighted by molar-refractivity contribution is 5.13. The molecule has 1 aromatic rings. The summed E-state index contributed by atoms with van der Waals surface area (Å²) in [5, 5.41) is 0. The first kappa shape index (κ1) is 36.4. The predicted octanol–water partition coefficient (Wildman–Crippen LogP) is 2.51. The lowest BCUT2D eigenvalue weighted by atomic mass is 10.2. The van der Waals surface area contributed by atoms with Gasteiger partial charge in [0, 0.05) is 0 Å².